The maximum Gasteiger partial charge on any atom is 0.410 e. The van der Waals surface area contributed by atoms with Crippen LogP contribution in [0.25, 0.3) is 11.1 Å². The van der Waals surface area contributed by atoms with Crippen LogP contribution in [-0.2, 0) is 9.53 Å². The maximum atomic E-state index is 16.0. The Hall–Kier alpha value is -3.40. The first kappa shape index (κ1) is 25.7. The van der Waals surface area contributed by atoms with Crippen LogP contribution in [0, 0.1) is 11.6 Å². The predicted molar refractivity (Wildman–Crippen MR) is 133 cm³/mol. The lowest BCUT2D eigenvalue weighted by Gasteiger charge is -2.37. The molecule has 2 heterocycles. The van der Waals surface area contributed by atoms with Crippen molar-refractivity contribution in [3.63, 3.8) is 0 Å². The highest BCUT2D eigenvalue weighted by molar-refractivity contribution is 6.34. The van der Waals surface area contributed by atoms with E-state index in [0.717, 1.165) is 0 Å². The maximum absolute atomic E-state index is 16.0. The van der Waals surface area contributed by atoms with Crippen LogP contribution in [0.2, 0.25) is 5.02 Å². The summed E-state index contributed by atoms with van der Waals surface area (Å²) in [6.45, 7) is 6.63. The van der Waals surface area contributed by atoms with Crippen molar-refractivity contribution in [3.05, 3.63) is 46.5 Å². The summed E-state index contributed by atoms with van der Waals surface area (Å²) in [5, 5.41) is 2.48. The van der Waals surface area contributed by atoms with Crippen LogP contribution >= 0.6 is 11.6 Å². The second-order valence-electron chi connectivity index (χ2n) is 9.43. The van der Waals surface area contributed by atoms with Gasteiger partial charge in [0.2, 0.25) is 5.91 Å². The highest BCUT2D eigenvalue weighted by atomic mass is 35.5. The van der Waals surface area contributed by atoms with Crippen molar-refractivity contribution >= 4 is 35.1 Å². The monoisotopic (exact) mass is 520 g/mol. The van der Waals surface area contributed by atoms with Crippen LogP contribution in [0.4, 0.5) is 19.3 Å². The van der Waals surface area contributed by atoms with E-state index in [2.05, 4.69) is 10.3 Å². The molecule has 36 heavy (non-hydrogen) atoms. The lowest BCUT2D eigenvalue weighted by atomic mass is 9.98. The van der Waals surface area contributed by atoms with Crippen LogP contribution in [0.15, 0.2) is 29.3 Å². The van der Waals surface area contributed by atoms with E-state index in [1.807, 2.05) is 4.90 Å². The molecule has 4 rings (SSSR count). The van der Waals surface area contributed by atoms with E-state index in [0.29, 0.717) is 32.0 Å². The molecule has 0 aromatic heterocycles. The SMILES string of the molecule is COc1cccc(F)c1-c1c(Cl)cc2c(c1F)NC(=O)CN=C2N1CCN(C(=O)OC(C)(C)C)CC1. The fraction of sp³-hybridized carbons (Fsp3) is 0.400. The number of benzodiazepines with no additional fused rings is 1. The van der Waals surface area contributed by atoms with E-state index in [1.165, 1.54) is 31.4 Å². The zero-order valence-corrected chi connectivity index (χ0v) is 21.2. The number of halogens is 3. The number of hydrogen-bond acceptors (Lipinski definition) is 6. The molecule has 0 bridgehead atoms. The average Bonchev–Trinajstić information content (AvgIpc) is 2.97. The van der Waals surface area contributed by atoms with Crippen LogP contribution in [0.1, 0.15) is 26.3 Å². The number of ether oxygens (including phenoxy) is 2. The van der Waals surface area contributed by atoms with Gasteiger partial charge in [-0.2, -0.15) is 0 Å². The van der Waals surface area contributed by atoms with Gasteiger partial charge in [0.1, 0.15) is 29.5 Å². The molecule has 2 amide bonds. The van der Waals surface area contributed by atoms with Gasteiger partial charge in [-0.05, 0) is 39.0 Å². The number of amidine groups is 1. The number of anilines is 1. The predicted octanol–water partition coefficient (Wildman–Crippen LogP) is 4.55. The van der Waals surface area contributed by atoms with E-state index in [1.54, 1.807) is 25.7 Å². The standard InChI is InChI=1S/C25H27ClF2N4O4/c1-25(2,3)36-24(34)32-10-8-31(9-11-32)23-14-12-15(26)19(20-16(27)6-5-7-17(20)35-4)21(28)22(14)30-18(33)13-29-23/h5-7,12H,8-11,13H2,1-4H3,(H,30,33). The summed E-state index contributed by atoms with van der Waals surface area (Å²) in [6, 6.07) is 5.58. The van der Waals surface area contributed by atoms with Crippen molar-refractivity contribution < 1.29 is 27.8 Å². The van der Waals surface area contributed by atoms with Crippen LogP contribution in [-0.4, -0.2) is 73.1 Å². The summed E-state index contributed by atoms with van der Waals surface area (Å²) in [7, 11) is 1.34. The summed E-state index contributed by atoms with van der Waals surface area (Å²) in [4.78, 5) is 32.7. The molecule has 2 aliphatic rings. The number of benzene rings is 2. The first-order valence-corrected chi connectivity index (χ1v) is 11.8. The Bertz CT molecular complexity index is 1240. The van der Waals surface area contributed by atoms with Crippen molar-refractivity contribution in [1.82, 2.24) is 9.80 Å². The molecule has 0 unspecified atom stereocenters. The molecular weight excluding hydrogens is 494 g/mol. The quantitative estimate of drug-likeness (QED) is 0.628. The van der Waals surface area contributed by atoms with Crippen molar-refractivity contribution in [3.8, 4) is 16.9 Å². The number of carbonyl (C=O) groups excluding carboxylic acids is 2. The topological polar surface area (TPSA) is 83.5 Å². The Kier molecular flexibility index (Phi) is 7.08. The molecule has 0 aliphatic carbocycles. The van der Waals surface area contributed by atoms with Gasteiger partial charge in [0, 0.05) is 37.3 Å². The largest absolute Gasteiger partial charge is 0.496 e. The second kappa shape index (κ2) is 9.93. The molecule has 0 saturated carbocycles. The molecular formula is C25H27ClF2N4O4. The van der Waals surface area contributed by atoms with Gasteiger partial charge in [-0.1, -0.05) is 17.7 Å². The molecule has 2 aliphatic heterocycles. The minimum Gasteiger partial charge on any atom is -0.496 e. The van der Waals surface area contributed by atoms with Gasteiger partial charge >= 0.3 is 6.09 Å². The van der Waals surface area contributed by atoms with Crippen molar-refractivity contribution in [2.24, 2.45) is 4.99 Å². The fourth-order valence-corrected chi connectivity index (χ4v) is 4.46. The van der Waals surface area contributed by atoms with Crippen LogP contribution in [0.3, 0.4) is 0 Å². The van der Waals surface area contributed by atoms with Gasteiger partial charge in [-0.15, -0.1) is 0 Å². The normalized spacial score (nSPS) is 16.1. The van der Waals surface area contributed by atoms with E-state index in [4.69, 9.17) is 21.1 Å². The Labute approximate surface area is 212 Å². The number of methoxy groups -OCH3 is 1. The minimum atomic E-state index is -0.892. The Balaban J connectivity index is 1.69. The van der Waals surface area contributed by atoms with Gasteiger partial charge in [0.15, 0.2) is 5.82 Å². The highest BCUT2D eigenvalue weighted by Gasteiger charge is 2.32. The number of amides is 2. The third kappa shape index (κ3) is 5.09. The summed E-state index contributed by atoms with van der Waals surface area (Å²) >= 11 is 6.50. The smallest absolute Gasteiger partial charge is 0.410 e. The van der Waals surface area contributed by atoms with E-state index in [9.17, 15) is 14.0 Å². The van der Waals surface area contributed by atoms with Gasteiger partial charge in [0.05, 0.1) is 23.4 Å². The number of rotatable bonds is 2. The lowest BCUT2D eigenvalue weighted by molar-refractivity contribution is -0.114. The fourth-order valence-electron chi connectivity index (χ4n) is 4.17. The summed E-state index contributed by atoms with van der Waals surface area (Å²) in [5.41, 5.74) is -0.851. The van der Waals surface area contributed by atoms with Crippen LogP contribution in [0.5, 0.6) is 5.75 Å². The molecule has 1 saturated heterocycles. The van der Waals surface area contributed by atoms with E-state index < -0.39 is 29.2 Å². The Morgan fingerprint density at radius 2 is 1.83 bits per heavy atom. The van der Waals surface area contributed by atoms with Gasteiger partial charge in [0.25, 0.3) is 0 Å². The molecule has 0 radical (unpaired) electrons. The van der Waals surface area contributed by atoms with E-state index >= 15 is 4.39 Å². The average molecular weight is 521 g/mol. The van der Waals surface area contributed by atoms with Crippen molar-refractivity contribution in [2.75, 3.05) is 45.2 Å². The lowest BCUT2D eigenvalue weighted by Crippen LogP contribution is -2.51. The molecule has 2 aromatic rings. The number of nitrogens with zero attached hydrogens (tertiary/aromatic N) is 3. The summed E-state index contributed by atoms with van der Waals surface area (Å²) in [5.74, 6) is -1.67. The molecule has 0 spiro atoms. The summed E-state index contributed by atoms with van der Waals surface area (Å²) < 4.78 is 41.4. The number of fused-ring (bicyclic) bond motifs is 1. The first-order chi connectivity index (χ1) is 17.0. The molecule has 8 nitrogen and oxygen atoms in total. The zero-order chi connectivity index (χ0) is 26.2. The van der Waals surface area contributed by atoms with Gasteiger partial charge in [-0.3, -0.25) is 9.79 Å². The molecule has 1 N–H and O–H groups in total. The minimum absolute atomic E-state index is 0.0640. The van der Waals surface area contributed by atoms with Gasteiger partial charge < -0.3 is 24.6 Å². The molecule has 192 valence electrons. The van der Waals surface area contributed by atoms with Crippen LogP contribution < -0.4 is 10.1 Å². The Morgan fingerprint density at radius 1 is 1.14 bits per heavy atom. The molecule has 1 fully saturated rings. The summed E-state index contributed by atoms with van der Waals surface area (Å²) in [6.07, 6.45) is -0.417. The van der Waals surface area contributed by atoms with Crippen molar-refractivity contribution in [2.45, 2.75) is 26.4 Å². The number of carbonyl (C=O) groups is 2. The third-order valence-corrected chi connectivity index (χ3v) is 6.07. The number of piperazine rings is 1. The van der Waals surface area contributed by atoms with Crippen molar-refractivity contribution in [1.29, 1.82) is 0 Å². The third-order valence-electron chi connectivity index (χ3n) is 5.77. The Morgan fingerprint density at radius 3 is 2.47 bits per heavy atom. The van der Waals surface area contributed by atoms with E-state index in [-0.39, 0.29) is 39.7 Å². The molecule has 0 atom stereocenters. The number of nitrogens with one attached hydrogen (secondary N) is 1. The number of hydrogen-bond donors (Lipinski definition) is 1. The van der Waals surface area contributed by atoms with Gasteiger partial charge in [-0.25, -0.2) is 13.6 Å². The first-order valence-electron chi connectivity index (χ1n) is 11.4. The zero-order valence-electron chi connectivity index (χ0n) is 20.5. The molecule has 2 aromatic carbocycles. The second-order valence-corrected chi connectivity index (χ2v) is 9.84. The highest BCUT2D eigenvalue weighted by Crippen LogP contribution is 2.43. The molecule has 11 heteroatoms. The number of aliphatic imine (C=N–C) groups is 1.